The van der Waals surface area contributed by atoms with Gasteiger partial charge in [-0.15, -0.1) is 0 Å². The van der Waals surface area contributed by atoms with E-state index in [9.17, 15) is 5.11 Å². The average Bonchev–Trinajstić information content (AvgIpc) is 2.19. The Bertz CT molecular complexity index is 325. The van der Waals surface area contributed by atoms with Crippen LogP contribution in [0.3, 0.4) is 0 Å². The van der Waals surface area contributed by atoms with Gasteiger partial charge in [0.1, 0.15) is 5.75 Å². The van der Waals surface area contributed by atoms with Gasteiger partial charge < -0.3 is 15.5 Å². The lowest BCUT2D eigenvalue weighted by molar-refractivity contribution is 0.276. The highest BCUT2D eigenvalue weighted by molar-refractivity contribution is 5.56. The third-order valence-electron chi connectivity index (χ3n) is 2.69. The van der Waals surface area contributed by atoms with Crippen LogP contribution < -0.4 is 5.32 Å². The Morgan fingerprint density at radius 1 is 1.43 bits per heavy atom. The summed E-state index contributed by atoms with van der Waals surface area (Å²) < 4.78 is 0. The van der Waals surface area contributed by atoms with Crippen molar-refractivity contribution >= 4 is 5.69 Å². The van der Waals surface area contributed by atoms with E-state index in [0.717, 1.165) is 24.9 Å². The van der Waals surface area contributed by atoms with Crippen molar-refractivity contribution in [3.05, 3.63) is 23.8 Å². The number of aromatic hydroxyl groups is 1. The molecule has 3 heteroatoms. The summed E-state index contributed by atoms with van der Waals surface area (Å²) >= 11 is 0. The van der Waals surface area contributed by atoms with Gasteiger partial charge in [0.15, 0.2) is 0 Å². The van der Waals surface area contributed by atoms with Crippen molar-refractivity contribution in [2.75, 3.05) is 11.9 Å². The molecule has 0 radical (unpaired) electrons. The van der Waals surface area contributed by atoms with Crippen LogP contribution in [0.15, 0.2) is 18.2 Å². The van der Waals surface area contributed by atoms with E-state index in [0.29, 0.717) is 11.8 Å². The second-order valence-electron chi connectivity index (χ2n) is 3.73. The van der Waals surface area contributed by atoms with Gasteiger partial charge in [-0.25, -0.2) is 0 Å². The zero-order valence-electron chi connectivity index (χ0n) is 8.03. The fraction of sp³-hybridized carbons (Fsp3) is 0.455. The van der Waals surface area contributed by atoms with Crippen molar-refractivity contribution < 1.29 is 10.2 Å². The molecule has 0 spiro atoms. The lowest BCUT2D eigenvalue weighted by Crippen LogP contribution is -2.26. The van der Waals surface area contributed by atoms with E-state index in [1.165, 1.54) is 5.56 Å². The number of aliphatic hydroxyl groups excluding tert-OH is 1. The molecule has 1 aromatic carbocycles. The Kier molecular flexibility index (Phi) is 2.59. The minimum atomic E-state index is 0.227. The van der Waals surface area contributed by atoms with Crippen molar-refractivity contribution in [2.45, 2.75) is 25.3 Å². The molecule has 76 valence electrons. The predicted octanol–water partition coefficient (Wildman–Crippen LogP) is 1.50. The summed E-state index contributed by atoms with van der Waals surface area (Å²) in [5.74, 6) is 0.325. The number of fused-ring (bicyclic) bond motifs is 1. The van der Waals surface area contributed by atoms with E-state index in [1.807, 2.05) is 6.07 Å². The molecule has 1 unspecified atom stereocenters. The first-order chi connectivity index (χ1) is 6.79. The molecular formula is C11H15NO2. The second kappa shape index (κ2) is 3.88. The molecule has 3 nitrogen and oxygen atoms in total. The first-order valence-corrected chi connectivity index (χ1v) is 4.99. The molecule has 1 heterocycles. The van der Waals surface area contributed by atoms with Crippen LogP contribution in [0.1, 0.15) is 18.4 Å². The summed E-state index contributed by atoms with van der Waals surface area (Å²) in [5.41, 5.74) is 2.26. The molecule has 0 saturated heterocycles. The molecule has 0 bridgehead atoms. The lowest BCUT2D eigenvalue weighted by atomic mass is 9.96. The van der Waals surface area contributed by atoms with Crippen LogP contribution in [-0.4, -0.2) is 22.9 Å². The normalized spacial score (nSPS) is 19.9. The van der Waals surface area contributed by atoms with Gasteiger partial charge >= 0.3 is 0 Å². The monoisotopic (exact) mass is 193 g/mol. The number of rotatable bonds is 2. The summed E-state index contributed by atoms with van der Waals surface area (Å²) in [6, 6.07) is 5.76. The third-order valence-corrected chi connectivity index (χ3v) is 2.69. The highest BCUT2D eigenvalue weighted by atomic mass is 16.3. The first-order valence-electron chi connectivity index (χ1n) is 4.99. The molecule has 1 atom stereocenters. The molecule has 0 aliphatic carbocycles. The number of hydrogen-bond acceptors (Lipinski definition) is 3. The largest absolute Gasteiger partial charge is 0.508 e. The Morgan fingerprint density at radius 3 is 3.07 bits per heavy atom. The maximum Gasteiger partial charge on any atom is 0.116 e. The van der Waals surface area contributed by atoms with Gasteiger partial charge in [0.2, 0.25) is 0 Å². The number of benzene rings is 1. The average molecular weight is 193 g/mol. The van der Waals surface area contributed by atoms with E-state index in [2.05, 4.69) is 5.32 Å². The van der Waals surface area contributed by atoms with Crippen molar-refractivity contribution in [3.8, 4) is 5.75 Å². The van der Waals surface area contributed by atoms with Gasteiger partial charge in [-0.1, -0.05) is 0 Å². The third kappa shape index (κ3) is 1.82. The second-order valence-corrected chi connectivity index (χ2v) is 3.73. The molecule has 0 saturated carbocycles. The number of aryl methyl sites for hydroxylation is 1. The number of anilines is 1. The van der Waals surface area contributed by atoms with Gasteiger partial charge in [-0.2, -0.15) is 0 Å². The van der Waals surface area contributed by atoms with E-state index in [1.54, 1.807) is 12.1 Å². The molecular weight excluding hydrogens is 178 g/mol. The summed E-state index contributed by atoms with van der Waals surface area (Å²) in [5, 5.41) is 21.5. The highest BCUT2D eigenvalue weighted by Crippen LogP contribution is 2.28. The van der Waals surface area contributed by atoms with Gasteiger partial charge in [0, 0.05) is 18.3 Å². The van der Waals surface area contributed by atoms with Crippen molar-refractivity contribution in [1.82, 2.24) is 0 Å². The summed E-state index contributed by atoms with van der Waals surface area (Å²) in [4.78, 5) is 0. The molecule has 3 N–H and O–H groups in total. The SMILES string of the molecule is OCCC1CCc2cc(O)ccc2N1. The maximum atomic E-state index is 9.29. The van der Waals surface area contributed by atoms with Gasteiger partial charge in [-0.3, -0.25) is 0 Å². The number of aliphatic hydroxyl groups is 1. The molecule has 1 aliphatic heterocycles. The zero-order valence-corrected chi connectivity index (χ0v) is 8.03. The van der Waals surface area contributed by atoms with Crippen molar-refractivity contribution in [2.24, 2.45) is 0 Å². The minimum absolute atomic E-state index is 0.227. The summed E-state index contributed by atoms with van der Waals surface area (Å²) in [6.45, 7) is 0.227. The molecule has 14 heavy (non-hydrogen) atoms. The molecule has 0 aromatic heterocycles. The van der Waals surface area contributed by atoms with Crippen LogP contribution in [0.4, 0.5) is 5.69 Å². The first kappa shape index (κ1) is 9.34. The van der Waals surface area contributed by atoms with Crippen molar-refractivity contribution in [1.29, 1.82) is 0 Å². The summed E-state index contributed by atoms with van der Waals surface area (Å²) in [7, 11) is 0. The fourth-order valence-corrected chi connectivity index (χ4v) is 1.92. The smallest absolute Gasteiger partial charge is 0.116 e. The van der Waals surface area contributed by atoms with E-state index >= 15 is 0 Å². The highest BCUT2D eigenvalue weighted by Gasteiger charge is 2.16. The quantitative estimate of drug-likeness (QED) is 0.624. The number of hydrogen-bond donors (Lipinski definition) is 3. The molecule has 0 fully saturated rings. The predicted molar refractivity (Wildman–Crippen MR) is 55.5 cm³/mol. The number of phenols is 1. The Labute approximate surface area is 83.4 Å². The van der Waals surface area contributed by atoms with Crippen LogP contribution in [0.5, 0.6) is 5.75 Å². The molecule has 1 aromatic rings. The Morgan fingerprint density at radius 2 is 2.29 bits per heavy atom. The van der Waals surface area contributed by atoms with Crippen LogP contribution in [0.25, 0.3) is 0 Å². The van der Waals surface area contributed by atoms with Crippen LogP contribution in [-0.2, 0) is 6.42 Å². The maximum absolute atomic E-state index is 9.29. The van der Waals surface area contributed by atoms with E-state index in [-0.39, 0.29) is 6.61 Å². The number of phenolic OH excluding ortho intramolecular Hbond substituents is 1. The standard InChI is InChI=1S/C11H15NO2/c13-6-5-9-2-1-8-7-10(14)3-4-11(8)12-9/h3-4,7,9,12-14H,1-2,5-6H2. The van der Waals surface area contributed by atoms with Crippen molar-refractivity contribution in [3.63, 3.8) is 0 Å². The van der Waals surface area contributed by atoms with Gasteiger partial charge in [0.05, 0.1) is 0 Å². The van der Waals surface area contributed by atoms with Gasteiger partial charge in [-0.05, 0) is 43.0 Å². The van der Waals surface area contributed by atoms with E-state index in [4.69, 9.17) is 5.11 Å². The Balaban J connectivity index is 2.15. The van der Waals surface area contributed by atoms with E-state index < -0.39 is 0 Å². The number of nitrogens with one attached hydrogen (secondary N) is 1. The molecule has 1 aliphatic rings. The lowest BCUT2D eigenvalue weighted by Gasteiger charge is -2.26. The van der Waals surface area contributed by atoms with Crippen LogP contribution in [0.2, 0.25) is 0 Å². The van der Waals surface area contributed by atoms with Crippen LogP contribution >= 0.6 is 0 Å². The molecule has 0 amide bonds. The summed E-state index contributed by atoms with van der Waals surface area (Å²) in [6.07, 6.45) is 2.79. The zero-order chi connectivity index (χ0) is 9.97. The van der Waals surface area contributed by atoms with Crippen LogP contribution in [0, 0.1) is 0 Å². The molecule has 2 rings (SSSR count). The minimum Gasteiger partial charge on any atom is -0.508 e. The van der Waals surface area contributed by atoms with Gasteiger partial charge in [0.25, 0.3) is 0 Å². The topological polar surface area (TPSA) is 52.5 Å². The fourth-order valence-electron chi connectivity index (χ4n) is 1.92. The Hall–Kier alpha value is -1.22.